The zero-order valence-electron chi connectivity index (χ0n) is 17.8. The van der Waals surface area contributed by atoms with Crippen molar-refractivity contribution in [2.24, 2.45) is 0 Å². The van der Waals surface area contributed by atoms with Gasteiger partial charge >= 0.3 is 0 Å². The maximum atomic E-state index is 12.7. The van der Waals surface area contributed by atoms with E-state index < -0.39 is 10.0 Å². The van der Waals surface area contributed by atoms with Crippen LogP contribution in [0.25, 0.3) is 0 Å². The van der Waals surface area contributed by atoms with Crippen LogP contribution in [-0.2, 0) is 10.0 Å². The number of nitrogens with one attached hydrogen (secondary N) is 2. The number of sulfonamides is 1. The van der Waals surface area contributed by atoms with Gasteiger partial charge in [-0.2, -0.15) is 4.31 Å². The first kappa shape index (κ1) is 22.5. The van der Waals surface area contributed by atoms with Gasteiger partial charge in [0.2, 0.25) is 10.0 Å². The van der Waals surface area contributed by atoms with Crippen molar-refractivity contribution >= 4 is 33.0 Å². The normalized spacial score (nSPS) is 14.4. The number of rotatable bonds is 7. The van der Waals surface area contributed by atoms with Gasteiger partial charge < -0.3 is 10.6 Å². The van der Waals surface area contributed by atoms with Crippen molar-refractivity contribution in [1.29, 1.82) is 0 Å². The van der Waals surface area contributed by atoms with E-state index >= 15 is 0 Å². The minimum absolute atomic E-state index is 0.158. The molecule has 1 aliphatic heterocycles. The van der Waals surface area contributed by atoms with E-state index in [0.717, 1.165) is 18.5 Å². The molecule has 1 fully saturated rings. The molecule has 0 unspecified atom stereocenters. The molecule has 7 heteroatoms. The number of hydrogen-bond acceptors (Lipinski definition) is 3. The van der Waals surface area contributed by atoms with Gasteiger partial charge in [0, 0.05) is 31.2 Å². The molecule has 4 rings (SSSR count). The van der Waals surface area contributed by atoms with Crippen LogP contribution < -0.4 is 10.6 Å². The second-order valence-corrected chi connectivity index (χ2v) is 10.2. The van der Waals surface area contributed by atoms with Crippen molar-refractivity contribution < 1.29 is 8.42 Å². The molecule has 0 radical (unpaired) electrons. The quantitative estimate of drug-likeness (QED) is 0.500. The Bertz CT molecular complexity index is 1090. The molecule has 1 heterocycles. The van der Waals surface area contributed by atoms with Crippen LogP contribution in [0.4, 0.5) is 5.69 Å². The van der Waals surface area contributed by atoms with Gasteiger partial charge in [-0.15, -0.1) is 0 Å². The standard InChI is InChI=1S/C25H27N3O2S2/c29-32(30,28-17-7-8-18-28)23-15-13-22(14-16-23)27-25(31)26-19-24(20-9-3-1-4-10-20)21-11-5-2-6-12-21/h1-6,9-16,24H,7-8,17-19H2,(H2,26,27,31). The van der Waals surface area contributed by atoms with Gasteiger partial charge in [-0.05, 0) is 60.5 Å². The summed E-state index contributed by atoms with van der Waals surface area (Å²) >= 11 is 5.50. The highest BCUT2D eigenvalue weighted by molar-refractivity contribution is 7.89. The van der Waals surface area contributed by atoms with Crippen molar-refractivity contribution in [2.75, 3.05) is 25.0 Å². The van der Waals surface area contributed by atoms with Gasteiger partial charge in [-0.3, -0.25) is 0 Å². The van der Waals surface area contributed by atoms with Gasteiger partial charge in [0.05, 0.1) is 4.90 Å². The monoisotopic (exact) mass is 465 g/mol. The molecule has 0 spiro atoms. The highest BCUT2D eigenvalue weighted by Gasteiger charge is 2.26. The fraction of sp³-hybridized carbons (Fsp3) is 0.240. The second-order valence-electron chi connectivity index (χ2n) is 7.84. The highest BCUT2D eigenvalue weighted by atomic mass is 32.2. The fourth-order valence-corrected chi connectivity index (χ4v) is 5.67. The van der Waals surface area contributed by atoms with Gasteiger partial charge in [-0.25, -0.2) is 8.42 Å². The van der Waals surface area contributed by atoms with Gasteiger partial charge in [0.25, 0.3) is 0 Å². The van der Waals surface area contributed by atoms with Gasteiger partial charge in [-0.1, -0.05) is 60.7 Å². The van der Waals surface area contributed by atoms with Crippen LogP contribution in [0.5, 0.6) is 0 Å². The molecule has 2 N–H and O–H groups in total. The predicted molar refractivity (Wildman–Crippen MR) is 133 cm³/mol. The van der Waals surface area contributed by atoms with Crippen molar-refractivity contribution in [2.45, 2.75) is 23.7 Å². The second kappa shape index (κ2) is 10.3. The number of nitrogens with zero attached hydrogens (tertiary/aromatic N) is 1. The van der Waals surface area contributed by atoms with Crippen LogP contribution in [0.2, 0.25) is 0 Å². The molecule has 3 aromatic rings. The Balaban J connectivity index is 1.39. The average molecular weight is 466 g/mol. The maximum Gasteiger partial charge on any atom is 0.243 e. The summed E-state index contributed by atoms with van der Waals surface area (Å²) in [6.07, 6.45) is 1.84. The van der Waals surface area contributed by atoms with Crippen LogP contribution >= 0.6 is 12.2 Å². The Morgan fingerprint density at radius 2 is 1.38 bits per heavy atom. The molecule has 0 bridgehead atoms. The van der Waals surface area contributed by atoms with Gasteiger partial charge in [0.1, 0.15) is 0 Å². The van der Waals surface area contributed by atoms with Crippen LogP contribution in [0.3, 0.4) is 0 Å². The van der Waals surface area contributed by atoms with E-state index in [9.17, 15) is 8.42 Å². The summed E-state index contributed by atoms with van der Waals surface area (Å²) in [6, 6.07) is 27.4. The third kappa shape index (κ3) is 5.35. The fourth-order valence-electron chi connectivity index (χ4n) is 3.96. The molecule has 3 aromatic carbocycles. The lowest BCUT2D eigenvalue weighted by Crippen LogP contribution is -2.32. The molecule has 5 nitrogen and oxygen atoms in total. The molecule has 32 heavy (non-hydrogen) atoms. The lowest BCUT2D eigenvalue weighted by atomic mass is 9.91. The van der Waals surface area contributed by atoms with E-state index in [1.807, 2.05) is 36.4 Å². The van der Waals surface area contributed by atoms with Crippen LogP contribution in [-0.4, -0.2) is 37.5 Å². The largest absolute Gasteiger partial charge is 0.361 e. The van der Waals surface area contributed by atoms with Crippen LogP contribution in [0, 0.1) is 0 Å². The molecule has 166 valence electrons. The highest BCUT2D eigenvalue weighted by Crippen LogP contribution is 2.24. The Kier molecular flexibility index (Phi) is 7.19. The Morgan fingerprint density at radius 3 is 1.91 bits per heavy atom. The SMILES string of the molecule is O=S(=O)(c1ccc(NC(=S)NCC(c2ccccc2)c2ccccc2)cc1)N1CCCC1. The summed E-state index contributed by atoms with van der Waals surface area (Å²) in [5.41, 5.74) is 3.18. The summed E-state index contributed by atoms with van der Waals surface area (Å²) in [5, 5.41) is 6.97. The number of hydrogen-bond donors (Lipinski definition) is 2. The zero-order chi connectivity index (χ0) is 22.4. The summed E-state index contributed by atoms with van der Waals surface area (Å²) in [7, 11) is -3.41. The lowest BCUT2D eigenvalue weighted by molar-refractivity contribution is 0.477. The minimum Gasteiger partial charge on any atom is -0.361 e. The van der Waals surface area contributed by atoms with Crippen LogP contribution in [0.1, 0.15) is 29.9 Å². The van der Waals surface area contributed by atoms with Gasteiger partial charge in [0.15, 0.2) is 5.11 Å². The third-order valence-electron chi connectivity index (χ3n) is 5.69. The van der Waals surface area contributed by atoms with E-state index in [1.54, 1.807) is 28.6 Å². The molecule has 0 atom stereocenters. The number of thiocarbonyl (C=S) groups is 1. The van der Waals surface area contributed by atoms with Crippen molar-refractivity contribution in [3.05, 3.63) is 96.1 Å². The molecular weight excluding hydrogens is 438 g/mol. The first-order chi connectivity index (χ1) is 15.5. The van der Waals surface area contributed by atoms with E-state index in [1.165, 1.54) is 11.1 Å². The molecular formula is C25H27N3O2S2. The maximum absolute atomic E-state index is 12.7. The molecule has 1 aliphatic rings. The van der Waals surface area contributed by atoms with Crippen molar-refractivity contribution in [3.63, 3.8) is 0 Å². The Hall–Kier alpha value is -2.74. The Morgan fingerprint density at radius 1 is 0.844 bits per heavy atom. The molecule has 0 amide bonds. The molecule has 0 aliphatic carbocycles. The lowest BCUT2D eigenvalue weighted by Gasteiger charge is -2.20. The first-order valence-electron chi connectivity index (χ1n) is 10.8. The predicted octanol–water partition coefficient (Wildman–Crippen LogP) is 4.59. The van der Waals surface area contributed by atoms with E-state index in [2.05, 4.69) is 34.9 Å². The summed E-state index contributed by atoms with van der Waals surface area (Å²) in [4.78, 5) is 0.317. The number of benzene rings is 3. The van der Waals surface area contributed by atoms with E-state index in [4.69, 9.17) is 12.2 Å². The van der Waals surface area contributed by atoms with Crippen molar-refractivity contribution in [3.8, 4) is 0 Å². The van der Waals surface area contributed by atoms with Crippen molar-refractivity contribution in [1.82, 2.24) is 9.62 Å². The van der Waals surface area contributed by atoms with E-state index in [0.29, 0.717) is 29.6 Å². The minimum atomic E-state index is -3.41. The van der Waals surface area contributed by atoms with E-state index in [-0.39, 0.29) is 5.92 Å². The Labute approximate surface area is 195 Å². The smallest absolute Gasteiger partial charge is 0.243 e. The molecule has 0 saturated carbocycles. The summed E-state index contributed by atoms with van der Waals surface area (Å²) < 4.78 is 26.9. The number of anilines is 1. The summed E-state index contributed by atoms with van der Waals surface area (Å²) in [5.74, 6) is 0.158. The topological polar surface area (TPSA) is 61.4 Å². The average Bonchev–Trinajstić information content (AvgIpc) is 3.37. The molecule has 1 saturated heterocycles. The summed E-state index contributed by atoms with van der Waals surface area (Å²) in [6.45, 7) is 1.84. The molecule has 0 aromatic heterocycles. The van der Waals surface area contributed by atoms with Crippen LogP contribution in [0.15, 0.2) is 89.8 Å². The zero-order valence-corrected chi connectivity index (χ0v) is 19.4. The first-order valence-corrected chi connectivity index (χ1v) is 12.6. The third-order valence-corrected chi connectivity index (χ3v) is 7.84.